The number of rotatable bonds is 3. The summed E-state index contributed by atoms with van der Waals surface area (Å²) < 4.78 is 38.3. The Kier molecular flexibility index (Phi) is 4.99. The van der Waals surface area contributed by atoms with Crippen molar-refractivity contribution < 1.29 is 27.5 Å². The number of esters is 2. The lowest BCUT2D eigenvalue weighted by Crippen LogP contribution is -2.27. The van der Waals surface area contributed by atoms with E-state index in [1.807, 2.05) is 0 Å². The number of hydrogen-bond acceptors (Lipinski definition) is 4. The number of carbonyl (C=O) groups excluding carboxylic acids is 2. The van der Waals surface area contributed by atoms with Crippen LogP contribution in [0.3, 0.4) is 0 Å². The summed E-state index contributed by atoms with van der Waals surface area (Å²) in [6.45, 7) is 1.66. The number of likely N-dealkylation sites (N-methyl/N-ethyl adjacent to an activating group) is 1. The summed E-state index contributed by atoms with van der Waals surface area (Å²) in [5.74, 6) is -3.87. The summed E-state index contributed by atoms with van der Waals surface area (Å²) in [7, 11) is 1.60. The Hall–Kier alpha value is -1.37. The molecule has 86 valence electrons. The SMILES string of the molecule is CN[C@@H](C)/C=C/C(=O)OC(=O)C(F)(F)F. The zero-order chi connectivity index (χ0) is 12.1. The summed E-state index contributed by atoms with van der Waals surface area (Å²) in [5, 5.41) is 2.70. The normalized spacial score (nSPS) is 13.9. The van der Waals surface area contributed by atoms with Crippen molar-refractivity contribution in [1.82, 2.24) is 5.32 Å². The van der Waals surface area contributed by atoms with Gasteiger partial charge in [-0.2, -0.15) is 13.2 Å². The van der Waals surface area contributed by atoms with E-state index in [1.165, 1.54) is 6.08 Å². The summed E-state index contributed by atoms with van der Waals surface area (Å²) >= 11 is 0. The standard InChI is InChI=1S/C8H10F3NO3/c1-5(12-2)3-4-6(13)15-7(14)8(9,10)11/h3-5,12H,1-2H3/b4-3+/t5-/m0/s1. The van der Waals surface area contributed by atoms with Crippen LogP contribution in [0.1, 0.15) is 6.92 Å². The third-order valence-electron chi connectivity index (χ3n) is 1.40. The molecular formula is C8H10F3NO3. The maximum Gasteiger partial charge on any atom is 0.491 e. The van der Waals surface area contributed by atoms with Crippen molar-refractivity contribution in [3.05, 3.63) is 12.2 Å². The molecule has 0 unspecified atom stereocenters. The number of carbonyl (C=O) groups is 2. The van der Waals surface area contributed by atoms with Gasteiger partial charge in [-0.1, -0.05) is 6.08 Å². The molecule has 0 heterocycles. The Morgan fingerprint density at radius 2 is 1.93 bits per heavy atom. The molecule has 1 atom stereocenters. The lowest BCUT2D eigenvalue weighted by atomic mass is 10.3. The van der Waals surface area contributed by atoms with E-state index in [-0.39, 0.29) is 6.04 Å². The molecule has 4 nitrogen and oxygen atoms in total. The predicted octanol–water partition coefficient (Wildman–Crippen LogP) is 0.783. The molecular weight excluding hydrogens is 215 g/mol. The first-order valence-corrected chi connectivity index (χ1v) is 3.95. The number of nitrogens with one attached hydrogen (secondary N) is 1. The van der Waals surface area contributed by atoms with Gasteiger partial charge in [0.1, 0.15) is 0 Å². The second-order valence-corrected chi connectivity index (χ2v) is 2.64. The molecule has 0 aliphatic rings. The third kappa shape index (κ3) is 5.84. The lowest BCUT2D eigenvalue weighted by molar-refractivity contribution is -0.200. The van der Waals surface area contributed by atoms with E-state index in [4.69, 9.17) is 0 Å². The molecule has 1 N–H and O–H groups in total. The van der Waals surface area contributed by atoms with E-state index in [9.17, 15) is 22.8 Å². The van der Waals surface area contributed by atoms with E-state index < -0.39 is 18.1 Å². The minimum atomic E-state index is -5.15. The summed E-state index contributed by atoms with van der Waals surface area (Å²) in [4.78, 5) is 20.8. The molecule has 0 aromatic rings. The summed E-state index contributed by atoms with van der Waals surface area (Å²) in [6, 6.07) is -0.210. The maximum absolute atomic E-state index is 11.6. The molecule has 0 aliphatic heterocycles. The average molecular weight is 225 g/mol. The van der Waals surface area contributed by atoms with Gasteiger partial charge in [-0.3, -0.25) is 0 Å². The summed E-state index contributed by atoms with van der Waals surface area (Å²) in [5.41, 5.74) is 0. The van der Waals surface area contributed by atoms with Crippen LogP contribution in [0.25, 0.3) is 0 Å². The van der Waals surface area contributed by atoms with Gasteiger partial charge < -0.3 is 10.1 Å². The molecule has 0 saturated heterocycles. The zero-order valence-corrected chi connectivity index (χ0v) is 8.09. The number of ether oxygens (including phenoxy) is 1. The largest absolute Gasteiger partial charge is 0.491 e. The highest BCUT2D eigenvalue weighted by Crippen LogP contribution is 2.16. The monoisotopic (exact) mass is 225 g/mol. The van der Waals surface area contributed by atoms with Crippen LogP contribution in [0.5, 0.6) is 0 Å². The van der Waals surface area contributed by atoms with Gasteiger partial charge in [0.25, 0.3) is 0 Å². The average Bonchev–Trinajstić information content (AvgIpc) is 2.12. The molecule has 0 aromatic heterocycles. The van der Waals surface area contributed by atoms with Gasteiger partial charge in [0.05, 0.1) is 0 Å². The fourth-order valence-electron chi connectivity index (χ4n) is 0.502. The van der Waals surface area contributed by atoms with Gasteiger partial charge in [-0.15, -0.1) is 0 Å². The van der Waals surface area contributed by atoms with E-state index in [1.54, 1.807) is 14.0 Å². The van der Waals surface area contributed by atoms with Crippen LogP contribution < -0.4 is 5.32 Å². The van der Waals surface area contributed by atoms with E-state index in [0.29, 0.717) is 0 Å². The third-order valence-corrected chi connectivity index (χ3v) is 1.40. The minimum Gasteiger partial charge on any atom is -0.383 e. The van der Waals surface area contributed by atoms with Gasteiger partial charge in [0, 0.05) is 12.1 Å². The smallest absolute Gasteiger partial charge is 0.383 e. The number of hydrogen-bond donors (Lipinski definition) is 1. The van der Waals surface area contributed by atoms with Crippen molar-refractivity contribution in [2.24, 2.45) is 0 Å². The topological polar surface area (TPSA) is 55.4 Å². The van der Waals surface area contributed by atoms with Crippen LogP contribution in [0, 0.1) is 0 Å². The van der Waals surface area contributed by atoms with Crippen LogP contribution in [-0.4, -0.2) is 31.2 Å². The van der Waals surface area contributed by atoms with Crippen molar-refractivity contribution in [2.45, 2.75) is 19.1 Å². The first-order chi connectivity index (χ1) is 6.77. The van der Waals surface area contributed by atoms with E-state index >= 15 is 0 Å². The molecule has 0 aliphatic carbocycles. The van der Waals surface area contributed by atoms with Gasteiger partial charge in [-0.05, 0) is 14.0 Å². The van der Waals surface area contributed by atoms with Crippen molar-refractivity contribution in [1.29, 1.82) is 0 Å². The van der Waals surface area contributed by atoms with Crippen LogP contribution in [0.15, 0.2) is 12.2 Å². The molecule has 0 spiro atoms. The van der Waals surface area contributed by atoms with Gasteiger partial charge in [0.15, 0.2) is 0 Å². The van der Waals surface area contributed by atoms with Gasteiger partial charge in [0.2, 0.25) is 0 Å². The second-order valence-electron chi connectivity index (χ2n) is 2.64. The molecule has 0 fully saturated rings. The van der Waals surface area contributed by atoms with Crippen LogP contribution in [0.4, 0.5) is 13.2 Å². The van der Waals surface area contributed by atoms with Gasteiger partial charge >= 0.3 is 18.1 Å². The summed E-state index contributed by atoms with van der Waals surface area (Å²) in [6.07, 6.45) is -3.13. The quantitative estimate of drug-likeness (QED) is 0.438. The fraction of sp³-hybridized carbons (Fsp3) is 0.500. The van der Waals surface area contributed by atoms with Crippen LogP contribution >= 0.6 is 0 Å². The van der Waals surface area contributed by atoms with Crippen molar-refractivity contribution >= 4 is 11.9 Å². The van der Waals surface area contributed by atoms with E-state index in [2.05, 4.69) is 10.1 Å². The first-order valence-electron chi connectivity index (χ1n) is 3.95. The molecule has 0 radical (unpaired) electrons. The Bertz CT molecular complexity index is 273. The fourth-order valence-corrected chi connectivity index (χ4v) is 0.502. The Morgan fingerprint density at radius 3 is 2.33 bits per heavy atom. The van der Waals surface area contributed by atoms with Crippen molar-refractivity contribution in [3.8, 4) is 0 Å². The van der Waals surface area contributed by atoms with Crippen molar-refractivity contribution in [3.63, 3.8) is 0 Å². The number of alkyl halides is 3. The van der Waals surface area contributed by atoms with Gasteiger partial charge in [-0.25, -0.2) is 9.59 Å². The molecule has 15 heavy (non-hydrogen) atoms. The van der Waals surface area contributed by atoms with Crippen LogP contribution in [0.2, 0.25) is 0 Å². The predicted molar refractivity (Wildman–Crippen MR) is 44.8 cm³/mol. The lowest BCUT2D eigenvalue weighted by Gasteiger charge is -2.04. The van der Waals surface area contributed by atoms with E-state index in [0.717, 1.165) is 6.08 Å². The second kappa shape index (κ2) is 5.50. The maximum atomic E-state index is 11.6. The first kappa shape index (κ1) is 13.6. The molecule has 0 bridgehead atoms. The molecule has 0 amide bonds. The molecule has 7 heteroatoms. The Morgan fingerprint density at radius 1 is 1.40 bits per heavy atom. The highest BCUT2D eigenvalue weighted by Gasteiger charge is 2.42. The highest BCUT2D eigenvalue weighted by molar-refractivity contribution is 5.93. The highest BCUT2D eigenvalue weighted by atomic mass is 19.4. The molecule has 0 rings (SSSR count). The Labute approximate surface area is 84.1 Å². The Balaban J connectivity index is 4.17. The van der Waals surface area contributed by atoms with Crippen molar-refractivity contribution in [2.75, 3.05) is 7.05 Å². The number of halogens is 3. The zero-order valence-electron chi connectivity index (χ0n) is 8.09. The molecule has 0 saturated carbocycles. The van der Waals surface area contributed by atoms with Crippen LogP contribution in [-0.2, 0) is 14.3 Å². The minimum absolute atomic E-state index is 0.210. The molecule has 0 aromatic carbocycles.